The van der Waals surface area contributed by atoms with E-state index in [2.05, 4.69) is 22.5 Å². The van der Waals surface area contributed by atoms with Crippen LogP contribution in [0, 0.1) is 17.1 Å². The Hall–Kier alpha value is -2.13. The van der Waals surface area contributed by atoms with Crippen LogP contribution in [0.3, 0.4) is 0 Å². The average Bonchev–Trinajstić information content (AvgIpc) is 2.59. The van der Waals surface area contributed by atoms with E-state index in [0.29, 0.717) is 23.7 Å². The lowest BCUT2D eigenvalue weighted by atomic mass is 10.0. The number of rotatable bonds is 5. The molecule has 1 aromatic rings. The first kappa shape index (κ1) is 17.2. The molecule has 6 heteroatoms. The van der Waals surface area contributed by atoms with Crippen LogP contribution in [0.25, 0.3) is 0 Å². The van der Waals surface area contributed by atoms with Crippen molar-refractivity contribution < 1.29 is 9.18 Å². The number of hydrogen-bond donors (Lipinski definition) is 2. The van der Waals surface area contributed by atoms with Crippen LogP contribution >= 0.6 is 0 Å². The number of likely N-dealkylation sites (tertiary alicyclic amines) is 1. The maximum absolute atomic E-state index is 13.6. The molecule has 1 saturated heterocycles. The number of urea groups is 1. The minimum atomic E-state index is -0.422. The Morgan fingerprint density at radius 1 is 1.43 bits per heavy atom. The first-order valence-corrected chi connectivity index (χ1v) is 8.08. The third-order valence-electron chi connectivity index (χ3n) is 4.27. The molecule has 23 heavy (non-hydrogen) atoms. The van der Waals surface area contributed by atoms with Crippen molar-refractivity contribution in [2.24, 2.45) is 0 Å². The van der Waals surface area contributed by atoms with Gasteiger partial charge in [0.05, 0.1) is 11.6 Å². The van der Waals surface area contributed by atoms with Gasteiger partial charge >= 0.3 is 6.03 Å². The zero-order valence-electron chi connectivity index (χ0n) is 13.4. The molecular formula is C17H23FN4O. The maximum Gasteiger partial charge on any atom is 0.315 e. The Kier molecular flexibility index (Phi) is 6.36. The van der Waals surface area contributed by atoms with Gasteiger partial charge in [0, 0.05) is 24.7 Å². The van der Waals surface area contributed by atoms with Crippen LogP contribution in [0.2, 0.25) is 0 Å². The third-order valence-corrected chi connectivity index (χ3v) is 4.27. The van der Waals surface area contributed by atoms with Crippen LogP contribution < -0.4 is 10.6 Å². The van der Waals surface area contributed by atoms with E-state index in [9.17, 15) is 9.18 Å². The van der Waals surface area contributed by atoms with Gasteiger partial charge in [0.15, 0.2) is 0 Å². The summed E-state index contributed by atoms with van der Waals surface area (Å²) in [6, 6.07) is 6.14. The number of carbonyl (C=O) groups is 1. The van der Waals surface area contributed by atoms with Crippen LogP contribution in [0.4, 0.5) is 9.18 Å². The molecule has 124 valence electrons. The van der Waals surface area contributed by atoms with E-state index >= 15 is 0 Å². The normalized spacial score (nSPS) is 18.2. The van der Waals surface area contributed by atoms with Crippen LogP contribution in [-0.2, 0) is 6.54 Å². The smallest absolute Gasteiger partial charge is 0.315 e. The van der Waals surface area contributed by atoms with E-state index in [-0.39, 0.29) is 12.6 Å². The Bertz CT molecular complexity index is 584. The van der Waals surface area contributed by atoms with Crippen LogP contribution in [0.15, 0.2) is 18.2 Å². The van der Waals surface area contributed by atoms with Crippen LogP contribution in [0.1, 0.15) is 37.3 Å². The second-order valence-corrected chi connectivity index (χ2v) is 5.76. The number of nitrogens with zero attached hydrogens (tertiary/aromatic N) is 2. The predicted molar refractivity (Wildman–Crippen MR) is 86.2 cm³/mol. The molecule has 1 atom stereocenters. The molecular weight excluding hydrogens is 295 g/mol. The zero-order valence-corrected chi connectivity index (χ0v) is 13.4. The summed E-state index contributed by atoms with van der Waals surface area (Å²) in [5, 5.41) is 14.3. The molecule has 2 rings (SSSR count). The summed E-state index contributed by atoms with van der Waals surface area (Å²) in [4.78, 5) is 14.3. The fraction of sp³-hybridized carbons (Fsp3) is 0.529. The number of likely N-dealkylation sites (N-methyl/N-ethyl adjacent to an activating group) is 1. The molecule has 1 aromatic carbocycles. The standard InChI is InChI=1S/C17H23FN4O/c1-2-22-8-4-3-5-15(22)12-21-17(23)20-11-14-9-13(10-19)6-7-16(14)18/h6-7,9,15H,2-5,8,11-12H2,1H3,(H2,20,21,23)/t15-/m0/s1. The summed E-state index contributed by atoms with van der Waals surface area (Å²) in [7, 11) is 0. The minimum absolute atomic E-state index is 0.0648. The highest BCUT2D eigenvalue weighted by Crippen LogP contribution is 2.15. The van der Waals surface area contributed by atoms with E-state index in [0.717, 1.165) is 19.5 Å². The molecule has 0 aromatic heterocycles. The Morgan fingerprint density at radius 3 is 3.00 bits per heavy atom. The number of benzene rings is 1. The number of carbonyl (C=O) groups excluding carboxylic acids is 1. The van der Waals surface area contributed by atoms with Crippen molar-refractivity contribution in [2.45, 2.75) is 38.8 Å². The lowest BCUT2D eigenvalue weighted by molar-refractivity contribution is 0.153. The molecule has 0 unspecified atom stereocenters. The SMILES string of the molecule is CCN1CCCC[C@H]1CNC(=O)NCc1cc(C#N)ccc1F. The minimum Gasteiger partial charge on any atom is -0.337 e. The summed E-state index contributed by atoms with van der Waals surface area (Å²) in [6.07, 6.45) is 3.49. The van der Waals surface area contributed by atoms with E-state index < -0.39 is 5.82 Å². The highest BCUT2D eigenvalue weighted by atomic mass is 19.1. The van der Waals surface area contributed by atoms with Gasteiger partial charge in [0.1, 0.15) is 5.82 Å². The quantitative estimate of drug-likeness (QED) is 0.876. The number of hydrogen-bond acceptors (Lipinski definition) is 3. The van der Waals surface area contributed by atoms with Gasteiger partial charge in [-0.2, -0.15) is 5.26 Å². The number of halogens is 1. The molecule has 0 aliphatic carbocycles. The second kappa shape index (κ2) is 8.49. The number of piperidine rings is 1. The molecule has 2 amide bonds. The molecule has 0 bridgehead atoms. The predicted octanol–water partition coefficient (Wildman–Crippen LogP) is 2.37. The summed E-state index contributed by atoms with van der Waals surface area (Å²) in [5.74, 6) is -0.422. The molecule has 5 nitrogen and oxygen atoms in total. The van der Waals surface area contributed by atoms with Crippen molar-refractivity contribution in [3.05, 3.63) is 35.1 Å². The van der Waals surface area contributed by atoms with Gasteiger partial charge in [-0.1, -0.05) is 13.3 Å². The van der Waals surface area contributed by atoms with Gasteiger partial charge in [0.25, 0.3) is 0 Å². The summed E-state index contributed by atoms with van der Waals surface area (Å²) in [6.45, 7) is 4.86. The van der Waals surface area contributed by atoms with E-state index in [1.54, 1.807) is 0 Å². The fourth-order valence-electron chi connectivity index (χ4n) is 2.94. The van der Waals surface area contributed by atoms with E-state index in [1.165, 1.54) is 31.0 Å². The number of nitriles is 1. The molecule has 0 radical (unpaired) electrons. The first-order valence-electron chi connectivity index (χ1n) is 8.08. The van der Waals surface area contributed by atoms with Crippen molar-refractivity contribution in [3.8, 4) is 6.07 Å². The van der Waals surface area contributed by atoms with Crippen molar-refractivity contribution >= 4 is 6.03 Å². The van der Waals surface area contributed by atoms with Crippen molar-refractivity contribution in [1.82, 2.24) is 15.5 Å². The van der Waals surface area contributed by atoms with Crippen molar-refractivity contribution in [3.63, 3.8) is 0 Å². The van der Waals surface area contributed by atoms with Crippen LogP contribution in [-0.4, -0.2) is 36.6 Å². The van der Waals surface area contributed by atoms with Gasteiger partial charge in [-0.05, 0) is 44.1 Å². The Morgan fingerprint density at radius 2 is 2.26 bits per heavy atom. The summed E-state index contributed by atoms with van der Waals surface area (Å²) < 4.78 is 13.6. The fourth-order valence-corrected chi connectivity index (χ4v) is 2.94. The van der Waals surface area contributed by atoms with Gasteiger partial charge in [-0.25, -0.2) is 9.18 Å². The number of nitrogens with one attached hydrogen (secondary N) is 2. The maximum atomic E-state index is 13.6. The molecule has 1 aliphatic heterocycles. The van der Waals surface area contributed by atoms with Gasteiger partial charge < -0.3 is 10.6 Å². The number of amides is 2. The van der Waals surface area contributed by atoms with Crippen molar-refractivity contribution in [2.75, 3.05) is 19.6 Å². The van der Waals surface area contributed by atoms with E-state index in [1.807, 2.05) is 6.07 Å². The van der Waals surface area contributed by atoms with Gasteiger partial charge in [-0.3, -0.25) is 4.90 Å². The molecule has 1 aliphatic rings. The lowest BCUT2D eigenvalue weighted by Crippen LogP contribution is -2.48. The zero-order chi connectivity index (χ0) is 16.7. The molecule has 1 fully saturated rings. The first-order chi connectivity index (χ1) is 11.1. The molecule has 2 N–H and O–H groups in total. The van der Waals surface area contributed by atoms with Gasteiger partial charge in [-0.15, -0.1) is 0 Å². The van der Waals surface area contributed by atoms with E-state index in [4.69, 9.17) is 5.26 Å². The Labute approximate surface area is 136 Å². The summed E-state index contributed by atoms with van der Waals surface area (Å²) in [5.41, 5.74) is 0.691. The topological polar surface area (TPSA) is 68.2 Å². The molecule has 0 spiro atoms. The third kappa shape index (κ3) is 4.93. The van der Waals surface area contributed by atoms with Crippen molar-refractivity contribution in [1.29, 1.82) is 5.26 Å². The highest BCUT2D eigenvalue weighted by molar-refractivity contribution is 5.73. The largest absolute Gasteiger partial charge is 0.337 e. The Balaban J connectivity index is 1.80. The molecule has 1 heterocycles. The average molecular weight is 318 g/mol. The summed E-state index contributed by atoms with van der Waals surface area (Å²) >= 11 is 0. The van der Waals surface area contributed by atoms with Crippen LogP contribution in [0.5, 0.6) is 0 Å². The second-order valence-electron chi connectivity index (χ2n) is 5.76. The molecule has 0 saturated carbocycles. The highest BCUT2D eigenvalue weighted by Gasteiger charge is 2.21. The van der Waals surface area contributed by atoms with Gasteiger partial charge in [0.2, 0.25) is 0 Å². The lowest BCUT2D eigenvalue weighted by Gasteiger charge is -2.34. The monoisotopic (exact) mass is 318 g/mol.